The van der Waals surface area contributed by atoms with E-state index in [9.17, 15) is 4.79 Å². The molecule has 2 aromatic rings. The standard InChI is InChI=1S/C15H17N3OS/c19-14(12-6-11-2-4-20-15(11)16-7-12)17-13-5-10-1-3-18(8-10)9-13/h2,4,6-7,10,13H,1,3,5,8-9H2,(H,17,19)/t10?,13-/m1/s1. The van der Waals surface area contributed by atoms with Gasteiger partial charge in [0.15, 0.2) is 0 Å². The second-order valence-corrected chi connectivity index (χ2v) is 6.75. The number of thiophene rings is 1. The first kappa shape index (κ1) is 12.3. The summed E-state index contributed by atoms with van der Waals surface area (Å²) in [5.74, 6) is 0.782. The van der Waals surface area contributed by atoms with E-state index in [4.69, 9.17) is 0 Å². The Morgan fingerprint density at radius 1 is 1.45 bits per heavy atom. The van der Waals surface area contributed by atoms with Gasteiger partial charge in [0.05, 0.1) is 5.56 Å². The van der Waals surface area contributed by atoms with Crippen LogP contribution in [0.1, 0.15) is 23.2 Å². The number of nitrogens with zero attached hydrogens (tertiary/aromatic N) is 2. The molecule has 2 aliphatic rings. The molecule has 2 unspecified atom stereocenters. The highest BCUT2D eigenvalue weighted by atomic mass is 32.1. The predicted octanol–water partition coefficient (Wildman–Crippen LogP) is 2.12. The predicted molar refractivity (Wildman–Crippen MR) is 80.0 cm³/mol. The van der Waals surface area contributed by atoms with Crippen molar-refractivity contribution in [3.8, 4) is 0 Å². The van der Waals surface area contributed by atoms with Gasteiger partial charge in [-0.15, -0.1) is 11.3 Å². The van der Waals surface area contributed by atoms with Crippen LogP contribution in [0.2, 0.25) is 0 Å². The largest absolute Gasteiger partial charge is 0.348 e. The fraction of sp³-hybridized carbons (Fsp3) is 0.467. The van der Waals surface area contributed by atoms with Gasteiger partial charge in [-0.25, -0.2) is 4.98 Å². The molecule has 0 aromatic carbocycles. The molecule has 4 heterocycles. The van der Waals surface area contributed by atoms with Crippen LogP contribution in [0.3, 0.4) is 0 Å². The lowest BCUT2D eigenvalue weighted by Crippen LogP contribution is -2.47. The minimum absolute atomic E-state index is 0.0121. The summed E-state index contributed by atoms with van der Waals surface area (Å²) in [6.45, 7) is 3.41. The highest BCUT2D eigenvalue weighted by molar-refractivity contribution is 7.16. The van der Waals surface area contributed by atoms with Crippen molar-refractivity contribution in [2.24, 2.45) is 5.92 Å². The Bertz CT molecular complexity index is 641. The number of carbonyl (C=O) groups is 1. The van der Waals surface area contributed by atoms with Gasteiger partial charge in [-0.2, -0.15) is 0 Å². The van der Waals surface area contributed by atoms with Crippen LogP contribution in [0.25, 0.3) is 10.2 Å². The normalized spacial score (nSPS) is 28.7. The Morgan fingerprint density at radius 3 is 3.30 bits per heavy atom. The van der Waals surface area contributed by atoms with Crippen molar-refractivity contribution in [1.82, 2.24) is 15.2 Å². The zero-order valence-corrected chi connectivity index (χ0v) is 12.0. The molecule has 0 spiro atoms. The molecule has 1 N–H and O–H groups in total. The number of nitrogens with one attached hydrogen (secondary N) is 1. The third-order valence-electron chi connectivity index (χ3n) is 4.37. The summed E-state index contributed by atoms with van der Waals surface area (Å²) in [5.41, 5.74) is 0.670. The van der Waals surface area contributed by atoms with Crippen molar-refractivity contribution < 1.29 is 4.79 Å². The van der Waals surface area contributed by atoms with Crippen molar-refractivity contribution >= 4 is 27.5 Å². The smallest absolute Gasteiger partial charge is 0.253 e. The number of carbonyl (C=O) groups excluding carboxylic acids is 1. The summed E-state index contributed by atoms with van der Waals surface area (Å²) in [6.07, 6.45) is 4.09. The molecule has 2 aliphatic heterocycles. The van der Waals surface area contributed by atoms with Crippen molar-refractivity contribution in [2.45, 2.75) is 18.9 Å². The summed E-state index contributed by atoms with van der Waals surface area (Å²) in [5, 5.41) is 6.23. The maximum atomic E-state index is 12.3. The van der Waals surface area contributed by atoms with E-state index in [0.717, 1.165) is 29.1 Å². The Labute approximate surface area is 121 Å². The number of piperidine rings is 1. The average Bonchev–Trinajstić information content (AvgIpc) is 3.04. The Kier molecular flexibility index (Phi) is 2.97. The van der Waals surface area contributed by atoms with Crippen LogP contribution in [0.5, 0.6) is 0 Å². The molecular weight excluding hydrogens is 270 g/mol. The van der Waals surface area contributed by atoms with E-state index in [1.165, 1.54) is 19.5 Å². The first-order valence-electron chi connectivity index (χ1n) is 7.14. The van der Waals surface area contributed by atoms with Crippen molar-refractivity contribution in [1.29, 1.82) is 0 Å². The van der Waals surface area contributed by atoms with Crippen LogP contribution >= 0.6 is 11.3 Å². The maximum Gasteiger partial charge on any atom is 0.253 e. The maximum absolute atomic E-state index is 12.3. The quantitative estimate of drug-likeness (QED) is 0.920. The Hall–Kier alpha value is -1.46. The van der Waals surface area contributed by atoms with E-state index >= 15 is 0 Å². The van der Waals surface area contributed by atoms with Crippen LogP contribution in [0.15, 0.2) is 23.7 Å². The van der Waals surface area contributed by atoms with Gasteiger partial charge in [-0.05, 0) is 42.8 Å². The average molecular weight is 287 g/mol. The number of hydrogen-bond donors (Lipinski definition) is 1. The minimum atomic E-state index is 0.0121. The second-order valence-electron chi connectivity index (χ2n) is 5.86. The summed E-state index contributed by atoms with van der Waals surface area (Å²) >= 11 is 1.60. The molecule has 104 valence electrons. The Morgan fingerprint density at radius 2 is 2.40 bits per heavy atom. The number of amides is 1. The molecular formula is C15H17N3OS. The molecule has 0 aliphatic carbocycles. The molecule has 2 saturated heterocycles. The van der Waals surface area contributed by atoms with Crippen LogP contribution in [0.4, 0.5) is 0 Å². The van der Waals surface area contributed by atoms with Gasteiger partial charge in [0.2, 0.25) is 0 Å². The summed E-state index contributed by atoms with van der Waals surface area (Å²) in [7, 11) is 0. The highest BCUT2D eigenvalue weighted by Gasteiger charge is 2.32. The van der Waals surface area contributed by atoms with Gasteiger partial charge >= 0.3 is 0 Å². The third kappa shape index (κ3) is 2.21. The zero-order valence-electron chi connectivity index (χ0n) is 11.2. The molecule has 1 amide bonds. The summed E-state index contributed by atoms with van der Waals surface area (Å²) < 4.78 is 0. The fourth-order valence-corrected chi connectivity index (χ4v) is 4.14. The SMILES string of the molecule is O=C(N[C@@H]1CC2CCN(C2)C1)c1cnc2sccc2c1. The number of aromatic nitrogens is 1. The number of pyridine rings is 1. The van der Waals surface area contributed by atoms with Crippen LogP contribution < -0.4 is 5.32 Å². The van der Waals surface area contributed by atoms with E-state index in [2.05, 4.69) is 15.2 Å². The lowest BCUT2D eigenvalue weighted by Gasteiger charge is -2.30. The number of fused-ring (bicyclic) bond motifs is 3. The van der Waals surface area contributed by atoms with Gasteiger partial charge in [-0.3, -0.25) is 4.79 Å². The second kappa shape index (κ2) is 4.82. The number of hydrogen-bond acceptors (Lipinski definition) is 4. The molecule has 0 saturated carbocycles. The van der Waals surface area contributed by atoms with Crippen LogP contribution in [-0.2, 0) is 0 Å². The zero-order chi connectivity index (χ0) is 13.5. The van der Waals surface area contributed by atoms with E-state index in [1.807, 2.05) is 17.5 Å². The third-order valence-corrected chi connectivity index (χ3v) is 5.21. The van der Waals surface area contributed by atoms with Gasteiger partial charge in [0, 0.05) is 30.7 Å². The van der Waals surface area contributed by atoms with Crippen LogP contribution in [-0.4, -0.2) is 41.5 Å². The highest BCUT2D eigenvalue weighted by Crippen LogP contribution is 2.27. The summed E-state index contributed by atoms with van der Waals surface area (Å²) in [4.78, 5) is 20.1. The molecule has 0 radical (unpaired) electrons. The monoisotopic (exact) mass is 287 g/mol. The molecule has 3 atom stereocenters. The number of rotatable bonds is 2. The van der Waals surface area contributed by atoms with Crippen LogP contribution in [0, 0.1) is 5.92 Å². The molecule has 2 bridgehead atoms. The van der Waals surface area contributed by atoms with E-state index in [1.54, 1.807) is 17.5 Å². The van der Waals surface area contributed by atoms with Crippen molar-refractivity contribution in [3.63, 3.8) is 0 Å². The van der Waals surface area contributed by atoms with Crippen molar-refractivity contribution in [2.75, 3.05) is 19.6 Å². The Balaban J connectivity index is 1.49. The molecule has 4 nitrogen and oxygen atoms in total. The summed E-state index contributed by atoms with van der Waals surface area (Å²) in [6, 6.07) is 4.24. The molecule has 4 rings (SSSR count). The minimum Gasteiger partial charge on any atom is -0.348 e. The van der Waals surface area contributed by atoms with E-state index < -0.39 is 0 Å². The molecule has 2 fully saturated rings. The fourth-order valence-electron chi connectivity index (χ4n) is 3.42. The lowest BCUT2D eigenvalue weighted by atomic mass is 9.96. The van der Waals surface area contributed by atoms with Gasteiger partial charge in [0.1, 0.15) is 4.83 Å². The van der Waals surface area contributed by atoms with Gasteiger partial charge in [-0.1, -0.05) is 0 Å². The molecule has 20 heavy (non-hydrogen) atoms. The first-order chi connectivity index (χ1) is 9.78. The van der Waals surface area contributed by atoms with Gasteiger partial charge < -0.3 is 10.2 Å². The first-order valence-corrected chi connectivity index (χ1v) is 8.02. The molecule has 5 heteroatoms. The van der Waals surface area contributed by atoms with E-state index in [-0.39, 0.29) is 5.91 Å². The topological polar surface area (TPSA) is 45.2 Å². The van der Waals surface area contributed by atoms with E-state index in [0.29, 0.717) is 11.6 Å². The van der Waals surface area contributed by atoms with Crippen molar-refractivity contribution in [3.05, 3.63) is 29.3 Å². The van der Waals surface area contributed by atoms with Gasteiger partial charge in [0.25, 0.3) is 5.91 Å². The lowest BCUT2D eigenvalue weighted by molar-refractivity contribution is 0.0909. The molecule has 2 aromatic heterocycles.